The number of nitrogens with zero attached hydrogens (tertiary/aromatic N) is 3. The molecule has 3 aromatic rings. The summed E-state index contributed by atoms with van der Waals surface area (Å²) in [6.45, 7) is 8.63. The van der Waals surface area contributed by atoms with Gasteiger partial charge in [0.1, 0.15) is 36.5 Å². The first-order valence-corrected chi connectivity index (χ1v) is 16.4. The van der Waals surface area contributed by atoms with Crippen molar-refractivity contribution in [1.29, 1.82) is 0 Å². The lowest BCUT2D eigenvalue weighted by molar-refractivity contribution is 0.125. The number of likely N-dealkylation sites (N-methyl/N-ethyl adjacent to an activating group) is 1. The van der Waals surface area contributed by atoms with Crippen LogP contribution in [0.3, 0.4) is 0 Å². The molecule has 0 radical (unpaired) electrons. The molecule has 10 nitrogen and oxygen atoms in total. The molecule has 4 rings (SSSR count). The molecule has 4 N–H and O–H groups in total. The van der Waals surface area contributed by atoms with E-state index >= 15 is 0 Å². The highest BCUT2D eigenvalue weighted by atomic mass is 35.5. The summed E-state index contributed by atoms with van der Waals surface area (Å²) in [6.07, 6.45) is 5.29. The number of ether oxygens (including phenoxy) is 2. The third-order valence-electron chi connectivity index (χ3n) is 6.91. The number of para-hydroxylation sites is 1. The maximum atomic E-state index is 12.8. The molecule has 41 heavy (non-hydrogen) atoms. The van der Waals surface area contributed by atoms with Crippen LogP contribution < -0.4 is 30.7 Å². The van der Waals surface area contributed by atoms with E-state index in [1.807, 2.05) is 24.3 Å². The van der Waals surface area contributed by atoms with E-state index < -0.39 is 13.4 Å². The highest BCUT2D eigenvalue weighted by molar-refractivity contribution is 7.70. The van der Waals surface area contributed by atoms with Crippen LogP contribution in [0.25, 0.3) is 0 Å². The summed E-state index contributed by atoms with van der Waals surface area (Å²) in [5, 5.41) is 20.7. The zero-order valence-corrected chi connectivity index (χ0v) is 25.5. The lowest BCUT2D eigenvalue weighted by atomic mass is 10.0. The molecule has 220 valence electrons. The predicted octanol–water partition coefficient (Wildman–Crippen LogP) is 5.65. The summed E-state index contributed by atoms with van der Waals surface area (Å²) in [4.78, 5) is 11.2. The van der Waals surface area contributed by atoms with Gasteiger partial charge in [0.25, 0.3) is 0 Å². The molecule has 12 heteroatoms. The molecule has 0 saturated carbocycles. The fourth-order valence-electron chi connectivity index (χ4n) is 4.63. The monoisotopic (exact) mass is 600 g/mol. The number of aromatic nitrogens is 2. The second kappa shape index (κ2) is 13.6. The number of aliphatic hydroxyl groups is 1. The largest absolute Gasteiger partial charge is 0.494 e. The van der Waals surface area contributed by atoms with Crippen LogP contribution in [-0.4, -0.2) is 72.9 Å². The third-order valence-corrected chi connectivity index (χ3v) is 8.74. The number of likely N-dealkylation sites (tertiary alicyclic amines) is 1. The van der Waals surface area contributed by atoms with Crippen molar-refractivity contribution < 1.29 is 19.1 Å². The van der Waals surface area contributed by atoms with Gasteiger partial charge in [-0.25, -0.2) is 4.98 Å². The van der Waals surface area contributed by atoms with Gasteiger partial charge in [-0.1, -0.05) is 36.7 Å². The van der Waals surface area contributed by atoms with E-state index in [1.54, 1.807) is 32.6 Å². The second-order valence-corrected chi connectivity index (χ2v) is 13.9. The van der Waals surface area contributed by atoms with Crippen molar-refractivity contribution in [3.05, 3.63) is 60.3 Å². The van der Waals surface area contributed by atoms with Gasteiger partial charge < -0.3 is 40.0 Å². The number of benzene rings is 2. The van der Waals surface area contributed by atoms with E-state index in [0.29, 0.717) is 57.4 Å². The fraction of sp³-hybridized carbons (Fsp3) is 0.379. The average Bonchev–Trinajstić information content (AvgIpc) is 2.94. The SMILES string of the molecule is C=CC(O)Nc1cc(Nc2ncc(Cl)c(Nc3ccccc3P(C)(C)=O)n2)c(OC)cc1OCC1CCCCN1C. The Bertz CT molecular complexity index is 1420. The number of piperidine rings is 1. The van der Waals surface area contributed by atoms with E-state index in [-0.39, 0.29) is 5.95 Å². The number of hydrogen-bond donors (Lipinski definition) is 4. The van der Waals surface area contributed by atoms with Crippen molar-refractivity contribution >= 4 is 52.9 Å². The first-order chi connectivity index (χ1) is 19.6. The summed E-state index contributed by atoms with van der Waals surface area (Å²) in [5.74, 6) is 1.62. The molecular formula is C29H38ClN6O4P. The molecule has 1 aliphatic rings. The van der Waals surface area contributed by atoms with Gasteiger partial charge in [-0.3, -0.25) is 0 Å². The molecule has 1 aliphatic heterocycles. The van der Waals surface area contributed by atoms with Crippen LogP contribution in [0.1, 0.15) is 19.3 Å². The number of aliphatic hydroxyl groups excluding tert-OH is 1. The van der Waals surface area contributed by atoms with Crippen LogP contribution in [0.4, 0.5) is 28.8 Å². The normalized spacial score (nSPS) is 16.5. The van der Waals surface area contributed by atoms with Gasteiger partial charge in [0.15, 0.2) is 5.82 Å². The average molecular weight is 601 g/mol. The summed E-state index contributed by atoms with van der Waals surface area (Å²) >= 11 is 6.43. The van der Waals surface area contributed by atoms with Crippen molar-refractivity contribution in [3.63, 3.8) is 0 Å². The van der Waals surface area contributed by atoms with Crippen LogP contribution >= 0.6 is 18.7 Å². The molecule has 1 saturated heterocycles. The van der Waals surface area contributed by atoms with Gasteiger partial charge in [0.2, 0.25) is 5.95 Å². The van der Waals surface area contributed by atoms with Crippen molar-refractivity contribution in [2.24, 2.45) is 0 Å². The molecular weight excluding hydrogens is 563 g/mol. The topological polar surface area (TPSA) is 121 Å². The van der Waals surface area contributed by atoms with Crippen molar-refractivity contribution in [3.8, 4) is 11.5 Å². The molecule has 0 aliphatic carbocycles. The predicted molar refractivity (Wildman–Crippen MR) is 168 cm³/mol. The Kier molecular flexibility index (Phi) is 10.1. The van der Waals surface area contributed by atoms with Gasteiger partial charge in [-0.05, 0) is 64.0 Å². The summed E-state index contributed by atoms with van der Waals surface area (Å²) in [7, 11) is 1.11. The van der Waals surface area contributed by atoms with Crippen LogP contribution in [0.5, 0.6) is 11.5 Å². The minimum atomic E-state index is -2.56. The number of methoxy groups -OCH3 is 1. The standard InChI is InChI=1S/C29H38ClN6O4P/c1-6-27(37)32-23-15-22(24(39-3)16-25(23)40-18-19-11-9-10-14-36(19)2)34-29-31-17-20(30)28(35-29)33-21-12-7-8-13-26(21)41(4,5)38/h6-8,12-13,15-17,19,27,32,37H,1,9-11,14,18H2,2-5H3,(H2,31,33,34,35). The number of rotatable bonds is 12. The number of nitrogens with one attached hydrogen (secondary N) is 3. The Morgan fingerprint density at radius 3 is 2.68 bits per heavy atom. The highest BCUT2D eigenvalue weighted by Gasteiger charge is 2.22. The number of halogens is 1. The van der Waals surface area contributed by atoms with E-state index in [0.717, 1.165) is 13.0 Å². The first kappa shape index (κ1) is 30.7. The van der Waals surface area contributed by atoms with Gasteiger partial charge in [0.05, 0.1) is 30.4 Å². The van der Waals surface area contributed by atoms with Crippen LogP contribution in [0.2, 0.25) is 5.02 Å². The van der Waals surface area contributed by atoms with E-state index in [4.69, 9.17) is 21.1 Å². The molecule has 0 bridgehead atoms. The van der Waals surface area contributed by atoms with E-state index in [1.165, 1.54) is 25.1 Å². The van der Waals surface area contributed by atoms with Gasteiger partial charge in [-0.15, -0.1) is 0 Å². The molecule has 1 fully saturated rings. The number of hydrogen-bond acceptors (Lipinski definition) is 10. The lowest BCUT2D eigenvalue weighted by Gasteiger charge is -2.32. The quantitative estimate of drug-likeness (QED) is 0.118. The van der Waals surface area contributed by atoms with Crippen LogP contribution in [0, 0.1) is 0 Å². The molecule has 0 amide bonds. The molecule has 1 aromatic heterocycles. The molecule has 0 spiro atoms. The fourth-order valence-corrected chi connectivity index (χ4v) is 5.92. The van der Waals surface area contributed by atoms with E-state index in [2.05, 4.69) is 44.4 Å². The zero-order valence-electron chi connectivity index (χ0n) is 23.9. The Balaban J connectivity index is 1.62. The Labute approximate surface area is 246 Å². The third kappa shape index (κ3) is 7.92. The van der Waals surface area contributed by atoms with Gasteiger partial charge in [0, 0.05) is 17.4 Å². The maximum absolute atomic E-state index is 12.8. The Hall–Kier alpha value is -3.30. The molecule has 2 atom stereocenters. The Morgan fingerprint density at radius 2 is 1.98 bits per heavy atom. The smallest absolute Gasteiger partial charge is 0.229 e. The van der Waals surface area contributed by atoms with Crippen molar-refractivity contribution in [1.82, 2.24) is 14.9 Å². The molecule has 2 heterocycles. The minimum Gasteiger partial charge on any atom is -0.494 e. The summed E-state index contributed by atoms with van der Waals surface area (Å²) < 4.78 is 24.7. The second-order valence-electron chi connectivity index (χ2n) is 10.3. The number of anilines is 5. The summed E-state index contributed by atoms with van der Waals surface area (Å²) in [5.41, 5.74) is 1.73. The first-order valence-electron chi connectivity index (χ1n) is 13.4. The van der Waals surface area contributed by atoms with Crippen molar-refractivity contribution in [2.75, 3.05) is 56.6 Å². The van der Waals surface area contributed by atoms with Crippen LogP contribution in [-0.2, 0) is 4.57 Å². The van der Waals surface area contributed by atoms with Gasteiger partial charge in [-0.2, -0.15) is 4.98 Å². The van der Waals surface area contributed by atoms with E-state index in [9.17, 15) is 9.67 Å². The maximum Gasteiger partial charge on any atom is 0.229 e. The molecule has 2 aromatic carbocycles. The highest BCUT2D eigenvalue weighted by Crippen LogP contribution is 2.40. The van der Waals surface area contributed by atoms with Gasteiger partial charge >= 0.3 is 0 Å². The Morgan fingerprint density at radius 1 is 1.20 bits per heavy atom. The lowest BCUT2D eigenvalue weighted by Crippen LogP contribution is -2.40. The molecule has 2 unspecified atom stereocenters. The van der Waals surface area contributed by atoms with Crippen LogP contribution in [0.15, 0.2) is 55.3 Å². The minimum absolute atomic E-state index is 0.247. The van der Waals surface area contributed by atoms with Crippen molar-refractivity contribution in [2.45, 2.75) is 31.5 Å². The summed E-state index contributed by atoms with van der Waals surface area (Å²) in [6, 6.07) is 11.2. The zero-order chi connectivity index (χ0) is 29.6.